The van der Waals surface area contributed by atoms with Gasteiger partial charge in [-0.3, -0.25) is 4.79 Å². The monoisotopic (exact) mass is 761 g/mol. The number of aromatic nitrogens is 1. The predicted molar refractivity (Wildman–Crippen MR) is 177 cm³/mol. The van der Waals surface area contributed by atoms with Crippen molar-refractivity contribution in [1.82, 2.24) is 4.98 Å². The van der Waals surface area contributed by atoms with E-state index in [1.54, 1.807) is 0 Å². The summed E-state index contributed by atoms with van der Waals surface area (Å²) in [7, 11) is 0. The molecule has 1 aromatic heterocycles. The molecular weight excluding hydrogens is 731 g/mol. The zero-order valence-corrected chi connectivity index (χ0v) is 27.3. The molecule has 4 heteroatoms. The second-order valence-corrected chi connectivity index (χ2v) is 11.3. The van der Waals surface area contributed by atoms with E-state index in [2.05, 4.69) is 127 Å². The SMILES string of the molecule is CC(=O)/C=C(/C)O.[Ir].[c-]1cccc2c1-c1ncccc1C21c2ccc(-c3ccccc3)cc2-c2cc(-c3ccccc3)ccc21. The second kappa shape index (κ2) is 12.2. The minimum absolute atomic E-state index is 0. The molecule has 3 nitrogen and oxygen atoms in total. The Kier molecular flexibility index (Phi) is 8.20. The number of nitrogens with zero attached hydrogens (tertiary/aromatic N) is 1. The fourth-order valence-corrected chi connectivity index (χ4v) is 6.83. The first kappa shape index (κ1) is 30.1. The maximum atomic E-state index is 10.0. The molecule has 0 unspecified atom stereocenters. The van der Waals surface area contributed by atoms with Crippen LogP contribution in [-0.2, 0) is 30.3 Å². The summed E-state index contributed by atoms with van der Waals surface area (Å²) in [6.45, 7) is 2.85. The van der Waals surface area contributed by atoms with E-state index in [0.29, 0.717) is 0 Å². The van der Waals surface area contributed by atoms with Gasteiger partial charge in [-0.05, 0) is 82.2 Å². The van der Waals surface area contributed by atoms with Crippen LogP contribution in [0.15, 0.2) is 145 Å². The number of carbonyl (C=O) groups is 1. The number of benzene rings is 5. The number of allylic oxidation sites excluding steroid dienone is 2. The molecule has 0 atom stereocenters. The molecule has 0 aliphatic heterocycles. The molecule has 2 aliphatic rings. The third kappa shape index (κ3) is 5.07. The Balaban J connectivity index is 0.000000404. The van der Waals surface area contributed by atoms with Gasteiger partial charge in [-0.25, -0.2) is 0 Å². The largest absolute Gasteiger partial charge is 0.512 e. The molecule has 0 bridgehead atoms. The van der Waals surface area contributed by atoms with Gasteiger partial charge in [-0.15, -0.1) is 35.4 Å². The van der Waals surface area contributed by atoms with Crippen LogP contribution in [0.25, 0.3) is 44.6 Å². The van der Waals surface area contributed by atoms with E-state index in [-0.39, 0.29) is 31.6 Å². The predicted octanol–water partition coefficient (Wildman–Crippen LogP) is 9.59. The van der Waals surface area contributed by atoms with E-state index in [4.69, 9.17) is 10.1 Å². The van der Waals surface area contributed by atoms with Gasteiger partial charge in [-0.2, -0.15) is 0 Å². The van der Waals surface area contributed by atoms with Gasteiger partial charge in [0.1, 0.15) is 0 Å². The molecule has 6 aromatic rings. The third-order valence-corrected chi connectivity index (χ3v) is 8.47. The Hall–Kier alpha value is -4.89. The topological polar surface area (TPSA) is 50.2 Å². The first-order valence-electron chi connectivity index (χ1n) is 14.7. The maximum Gasteiger partial charge on any atom is 0.155 e. The third-order valence-electron chi connectivity index (χ3n) is 8.47. The van der Waals surface area contributed by atoms with Gasteiger partial charge in [-0.1, -0.05) is 96.6 Å². The first-order valence-corrected chi connectivity index (χ1v) is 14.7. The van der Waals surface area contributed by atoms with Gasteiger partial charge in [0.2, 0.25) is 0 Å². The first-order chi connectivity index (χ1) is 21.5. The van der Waals surface area contributed by atoms with E-state index >= 15 is 0 Å². The number of carbonyl (C=O) groups excluding carboxylic acids is 1. The summed E-state index contributed by atoms with van der Waals surface area (Å²) in [5.41, 5.74) is 14.4. The maximum absolute atomic E-state index is 10.0. The molecule has 0 amide bonds. The van der Waals surface area contributed by atoms with E-state index < -0.39 is 5.41 Å². The minimum Gasteiger partial charge on any atom is -0.512 e. The molecule has 0 fully saturated rings. The Morgan fingerprint density at radius 3 is 1.73 bits per heavy atom. The Labute approximate surface area is 277 Å². The van der Waals surface area contributed by atoms with E-state index in [1.165, 1.54) is 75.6 Å². The van der Waals surface area contributed by atoms with Crippen molar-refractivity contribution in [2.24, 2.45) is 0 Å². The number of hydrogen-bond donors (Lipinski definition) is 1. The quantitative estimate of drug-likeness (QED) is 0.111. The number of fused-ring (bicyclic) bond motifs is 10. The molecular formula is C41H30IrNO2-. The van der Waals surface area contributed by atoms with Crippen molar-refractivity contribution in [2.45, 2.75) is 19.3 Å². The van der Waals surface area contributed by atoms with Crippen LogP contribution in [0.4, 0.5) is 0 Å². The van der Waals surface area contributed by atoms with Crippen LogP contribution in [0.5, 0.6) is 0 Å². The second-order valence-electron chi connectivity index (χ2n) is 11.3. The molecule has 8 rings (SSSR count). The van der Waals surface area contributed by atoms with Crippen LogP contribution in [-0.4, -0.2) is 15.9 Å². The van der Waals surface area contributed by atoms with Crippen LogP contribution in [0.2, 0.25) is 0 Å². The summed E-state index contributed by atoms with van der Waals surface area (Å²) in [5.74, 6) is -0.0625. The molecule has 1 heterocycles. The minimum atomic E-state index is -0.397. The molecule has 5 aromatic carbocycles. The standard InChI is InChI=1S/C36H22N.C5H8O2.Ir/c1-3-10-24(11-4-1)26-17-19-32-29(22-26)30-23-27(25-12-5-2-6-13-25)18-20-33(30)36(32)31-15-8-7-14-28(31)35-34(36)16-9-21-37-35;1-4(6)3-5(2)7;/h1-13,15-23H;3,6H,1-2H3;/q-1;;/b;4-3-;. The average Bonchev–Trinajstić information content (AvgIpc) is 3.52. The van der Waals surface area contributed by atoms with Crippen molar-refractivity contribution in [1.29, 1.82) is 0 Å². The fourth-order valence-electron chi connectivity index (χ4n) is 6.83. The summed E-state index contributed by atoms with van der Waals surface area (Å²) in [6, 6.07) is 49.6. The number of aliphatic hydroxyl groups excluding tert-OH is 1. The Bertz CT molecular complexity index is 1930. The number of pyridine rings is 1. The molecule has 0 saturated carbocycles. The van der Waals surface area contributed by atoms with Crippen LogP contribution in [0, 0.1) is 6.07 Å². The summed E-state index contributed by atoms with van der Waals surface area (Å²) in [6.07, 6.45) is 3.07. The summed E-state index contributed by atoms with van der Waals surface area (Å²) >= 11 is 0. The van der Waals surface area contributed by atoms with Crippen molar-refractivity contribution >= 4 is 5.78 Å². The van der Waals surface area contributed by atoms with Gasteiger partial charge in [0, 0.05) is 37.8 Å². The van der Waals surface area contributed by atoms with Crippen LogP contribution in [0.3, 0.4) is 0 Å². The van der Waals surface area contributed by atoms with Gasteiger partial charge < -0.3 is 10.1 Å². The van der Waals surface area contributed by atoms with Crippen molar-refractivity contribution in [3.8, 4) is 44.6 Å². The fraction of sp³-hybridized carbons (Fsp3) is 0.0732. The van der Waals surface area contributed by atoms with E-state index in [0.717, 1.165) is 11.3 Å². The van der Waals surface area contributed by atoms with Crippen LogP contribution < -0.4 is 0 Å². The van der Waals surface area contributed by atoms with Crippen LogP contribution >= 0.6 is 0 Å². The normalized spacial score (nSPS) is 13.0. The summed E-state index contributed by atoms with van der Waals surface area (Å²) in [4.78, 5) is 14.9. The number of rotatable bonds is 3. The summed E-state index contributed by atoms with van der Waals surface area (Å²) in [5, 5.41) is 8.36. The van der Waals surface area contributed by atoms with Crippen molar-refractivity contribution in [3.05, 3.63) is 174 Å². The van der Waals surface area contributed by atoms with Crippen LogP contribution in [0.1, 0.15) is 36.1 Å². The zero-order chi connectivity index (χ0) is 30.3. The molecule has 1 spiro atoms. The van der Waals surface area contributed by atoms with Crippen molar-refractivity contribution < 1.29 is 30.0 Å². The van der Waals surface area contributed by atoms with Crippen molar-refractivity contribution in [2.75, 3.05) is 0 Å². The Morgan fingerprint density at radius 1 is 0.667 bits per heavy atom. The van der Waals surface area contributed by atoms with Crippen molar-refractivity contribution in [3.63, 3.8) is 0 Å². The van der Waals surface area contributed by atoms with E-state index in [9.17, 15) is 4.79 Å². The van der Waals surface area contributed by atoms with Gasteiger partial charge in [0.25, 0.3) is 0 Å². The molecule has 45 heavy (non-hydrogen) atoms. The molecule has 1 N–H and O–H groups in total. The molecule has 221 valence electrons. The molecule has 2 aliphatic carbocycles. The van der Waals surface area contributed by atoms with Gasteiger partial charge in [0.15, 0.2) is 5.78 Å². The molecule has 0 saturated heterocycles. The van der Waals surface area contributed by atoms with Gasteiger partial charge in [0.05, 0.1) is 5.76 Å². The number of aliphatic hydroxyl groups is 1. The Morgan fingerprint density at radius 2 is 1.22 bits per heavy atom. The number of ketones is 1. The van der Waals surface area contributed by atoms with Gasteiger partial charge >= 0.3 is 0 Å². The summed E-state index contributed by atoms with van der Waals surface area (Å²) < 4.78 is 0. The average molecular weight is 761 g/mol. The zero-order valence-electron chi connectivity index (χ0n) is 24.9. The number of hydrogen-bond acceptors (Lipinski definition) is 3. The smallest absolute Gasteiger partial charge is 0.155 e. The molecule has 1 radical (unpaired) electrons. The van der Waals surface area contributed by atoms with E-state index in [1.807, 2.05) is 12.3 Å².